The molecule has 0 fully saturated rings. The normalized spacial score (nSPS) is 10.9. The first kappa shape index (κ1) is 19.2. The van der Waals surface area contributed by atoms with Gasteiger partial charge in [-0.25, -0.2) is 4.79 Å². The van der Waals surface area contributed by atoms with Gasteiger partial charge in [-0.05, 0) is 35.6 Å². The smallest absolute Gasteiger partial charge is 0.336 e. The molecule has 0 aliphatic carbocycles. The zero-order valence-electron chi connectivity index (χ0n) is 15.4. The van der Waals surface area contributed by atoms with Crippen molar-refractivity contribution in [2.45, 2.75) is 25.5 Å². The van der Waals surface area contributed by atoms with Gasteiger partial charge in [0.15, 0.2) is 0 Å². The number of carbonyl (C=O) groups excluding carboxylic acids is 1. The maximum atomic E-state index is 12.0. The van der Waals surface area contributed by atoms with Crippen LogP contribution in [0.2, 0.25) is 0 Å². The summed E-state index contributed by atoms with van der Waals surface area (Å²) in [5, 5.41) is 3.88. The minimum absolute atomic E-state index is 0.0106. The van der Waals surface area contributed by atoms with E-state index in [1.807, 2.05) is 36.4 Å². The van der Waals surface area contributed by atoms with Crippen LogP contribution in [0.25, 0.3) is 11.0 Å². The summed E-state index contributed by atoms with van der Waals surface area (Å²) in [6.07, 6.45) is 1.71. The standard InChI is InChI=1S/C22H23NO3S/c1-2-16-8-9-19-18(13-22(25)26-20(19)12-16)14-27-15-21(24)23-11-10-17-6-4-3-5-7-17/h3-9,12-13H,2,10-11,14-15H2,1H3,(H,23,24). The Balaban J connectivity index is 1.52. The Kier molecular flexibility index (Phi) is 6.71. The molecule has 3 rings (SSSR count). The molecule has 1 heterocycles. The molecule has 0 spiro atoms. The molecule has 140 valence electrons. The molecule has 0 saturated heterocycles. The van der Waals surface area contributed by atoms with Crippen LogP contribution in [0.1, 0.15) is 23.6 Å². The Hall–Kier alpha value is -2.53. The first-order chi connectivity index (χ1) is 13.2. The third-order valence-electron chi connectivity index (χ3n) is 4.37. The van der Waals surface area contributed by atoms with Gasteiger partial charge in [-0.1, -0.05) is 49.4 Å². The van der Waals surface area contributed by atoms with Crippen molar-refractivity contribution in [3.05, 3.63) is 81.7 Å². The van der Waals surface area contributed by atoms with Crippen LogP contribution < -0.4 is 10.9 Å². The van der Waals surface area contributed by atoms with Crippen molar-refractivity contribution in [2.75, 3.05) is 12.3 Å². The van der Waals surface area contributed by atoms with Gasteiger partial charge in [-0.3, -0.25) is 4.79 Å². The van der Waals surface area contributed by atoms with Crippen molar-refractivity contribution in [2.24, 2.45) is 0 Å². The minimum Gasteiger partial charge on any atom is -0.423 e. The lowest BCUT2D eigenvalue weighted by molar-refractivity contribution is -0.118. The summed E-state index contributed by atoms with van der Waals surface area (Å²) >= 11 is 1.50. The molecule has 5 heteroatoms. The lowest BCUT2D eigenvalue weighted by atomic mass is 10.1. The average molecular weight is 381 g/mol. The van der Waals surface area contributed by atoms with E-state index in [0.717, 1.165) is 29.4 Å². The number of rotatable bonds is 8. The summed E-state index contributed by atoms with van der Waals surface area (Å²) in [7, 11) is 0. The molecule has 0 saturated carbocycles. The lowest BCUT2D eigenvalue weighted by Gasteiger charge is -2.08. The van der Waals surface area contributed by atoms with E-state index in [0.29, 0.717) is 23.6 Å². The molecule has 0 aliphatic heterocycles. The summed E-state index contributed by atoms with van der Waals surface area (Å²) in [5.41, 5.74) is 3.52. The van der Waals surface area contributed by atoms with Crippen LogP contribution in [0, 0.1) is 0 Å². The van der Waals surface area contributed by atoms with Gasteiger partial charge in [0.25, 0.3) is 0 Å². The SMILES string of the molecule is CCc1ccc2c(CSCC(=O)NCCc3ccccc3)cc(=O)oc2c1. The zero-order valence-corrected chi connectivity index (χ0v) is 16.2. The maximum absolute atomic E-state index is 12.0. The van der Waals surface area contributed by atoms with Gasteiger partial charge < -0.3 is 9.73 Å². The first-order valence-corrected chi connectivity index (χ1v) is 10.2. The molecule has 1 amide bonds. The summed E-state index contributed by atoms with van der Waals surface area (Å²) in [5.74, 6) is 0.972. The highest BCUT2D eigenvalue weighted by molar-refractivity contribution is 7.99. The van der Waals surface area contributed by atoms with Gasteiger partial charge in [0, 0.05) is 23.8 Å². The molecule has 27 heavy (non-hydrogen) atoms. The first-order valence-electron chi connectivity index (χ1n) is 9.09. The predicted octanol–water partition coefficient (Wildman–Crippen LogP) is 3.95. The second-order valence-electron chi connectivity index (χ2n) is 6.35. The van der Waals surface area contributed by atoms with E-state index in [-0.39, 0.29) is 11.5 Å². The quantitative estimate of drug-likeness (QED) is 0.600. The number of aryl methyl sites for hydroxylation is 1. The molecule has 0 unspecified atom stereocenters. The molecular weight excluding hydrogens is 358 g/mol. The van der Waals surface area contributed by atoms with Gasteiger partial charge in [0.05, 0.1) is 5.75 Å². The topological polar surface area (TPSA) is 59.3 Å². The summed E-state index contributed by atoms with van der Waals surface area (Å²) in [6.45, 7) is 2.69. The van der Waals surface area contributed by atoms with E-state index in [1.54, 1.807) is 0 Å². The highest BCUT2D eigenvalue weighted by Gasteiger charge is 2.08. The average Bonchev–Trinajstić information content (AvgIpc) is 2.68. The number of fused-ring (bicyclic) bond motifs is 1. The van der Waals surface area contributed by atoms with Crippen LogP contribution in [0.3, 0.4) is 0 Å². The Morgan fingerprint density at radius 2 is 1.89 bits per heavy atom. The number of carbonyl (C=O) groups is 1. The van der Waals surface area contributed by atoms with Crippen molar-refractivity contribution >= 4 is 28.6 Å². The van der Waals surface area contributed by atoms with E-state index >= 15 is 0 Å². The van der Waals surface area contributed by atoms with Crippen molar-refractivity contribution in [1.82, 2.24) is 5.32 Å². The molecule has 0 aliphatic rings. The molecule has 4 nitrogen and oxygen atoms in total. The van der Waals surface area contributed by atoms with Crippen LogP contribution in [0.15, 0.2) is 63.8 Å². The van der Waals surface area contributed by atoms with E-state index in [2.05, 4.69) is 24.4 Å². The highest BCUT2D eigenvalue weighted by Crippen LogP contribution is 2.22. The van der Waals surface area contributed by atoms with E-state index in [4.69, 9.17) is 4.42 Å². The fourth-order valence-corrected chi connectivity index (χ4v) is 3.76. The van der Waals surface area contributed by atoms with Crippen LogP contribution >= 0.6 is 11.8 Å². The zero-order chi connectivity index (χ0) is 19.1. The summed E-state index contributed by atoms with van der Waals surface area (Å²) in [6, 6.07) is 17.6. The fraction of sp³-hybridized carbons (Fsp3) is 0.273. The maximum Gasteiger partial charge on any atom is 0.336 e. The van der Waals surface area contributed by atoms with Gasteiger partial charge in [-0.2, -0.15) is 0 Å². The van der Waals surface area contributed by atoms with Gasteiger partial charge >= 0.3 is 5.63 Å². The molecule has 0 bridgehead atoms. The number of hydrogen-bond donors (Lipinski definition) is 1. The Labute approximate surface area is 163 Å². The summed E-state index contributed by atoms with van der Waals surface area (Å²) < 4.78 is 5.32. The molecule has 1 aromatic heterocycles. The monoisotopic (exact) mass is 381 g/mol. The molecular formula is C22H23NO3S. The molecule has 1 N–H and O–H groups in total. The van der Waals surface area contributed by atoms with Gasteiger partial charge in [-0.15, -0.1) is 11.8 Å². The number of hydrogen-bond acceptors (Lipinski definition) is 4. The number of amides is 1. The molecule has 3 aromatic rings. The van der Waals surface area contributed by atoms with E-state index in [9.17, 15) is 9.59 Å². The number of nitrogens with one attached hydrogen (secondary N) is 1. The second kappa shape index (κ2) is 9.42. The lowest BCUT2D eigenvalue weighted by Crippen LogP contribution is -2.27. The minimum atomic E-state index is -0.348. The van der Waals surface area contributed by atoms with Crippen LogP contribution in [-0.4, -0.2) is 18.2 Å². The molecule has 0 radical (unpaired) electrons. The highest BCUT2D eigenvalue weighted by atomic mass is 32.2. The van der Waals surface area contributed by atoms with Crippen LogP contribution in [0.5, 0.6) is 0 Å². The Morgan fingerprint density at radius 1 is 1.07 bits per heavy atom. The van der Waals surface area contributed by atoms with Gasteiger partial charge in [0.2, 0.25) is 5.91 Å². The third kappa shape index (κ3) is 5.47. The van der Waals surface area contributed by atoms with Crippen molar-refractivity contribution in [1.29, 1.82) is 0 Å². The third-order valence-corrected chi connectivity index (χ3v) is 5.35. The largest absolute Gasteiger partial charge is 0.423 e. The van der Waals surface area contributed by atoms with Crippen LogP contribution in [0.4, 0.5) is 0 Å². The fourth-order valence-electron chi connectivity index (χ4n) is 2.91. The predicted molar refractivity (Wildman–Crippen MR) is 111 cm³/mol. The number of benzene rings is 2. The molecule has 2 aromatic carbocycles. The van der Waals surface area contributed by atoms with Gasteiger partial charge in [0.1, 0.15) is 5.58 Å². The molecule has 0 atom stereocenters. The van der Waals surface area contributed by atoms with E-state index < -0.39 is 0 Å². The number of thioether (sulfide) groups is 1. The van der Waals surface area contributed by atoms with Crippen molar-refractivity contribution in [3.8, 4) is 0 Å². The summed E-state index contributed by atoms with van der Waals surface area (Å²) in [4.78, 5) is 23.8. The Bertz CT molecular complexity index is 966. The van der Waals surface area contributed by atoms with E-state index in [1.165, 1.54) is 23.4 Å². The van der Waals surface area contributed by atoms with Crippen molar-refractivity contribution < 1.29 is 9.21 Å². The Morgan fingerprint density at radius 3 is 2.67 bits per heavy atom. The van der Waals surface area contributed by atoms with Crippen molar-refractivity contribution in [3.63, 3.8) is 0 Å². The second-order valence-corrected chi connectivity index (χ2v) is 7.34. The van der Waals surface area contributed by atoms with Crippen LogP contribution in [-0.2, 0) is 23.4 Å².